The molecule has 4 heteroatoms. The summed E-state index contributed by atoms with van der Waals surface area (Å²) in [5.74, 6) is 0.735. The second kappa shape index (κ2) is 7.64. The van der Waals surface area contributed by atoms with Crippen molar-refractivity contribution in [2.45, 2.75) is 52.0 Å². The zero-order chi connectivity index (χ0) is 15.2. The van der Waals surface area contributed by atoms with Crippen molar-refractivity contribution >= 4 is 5.91 Å². The number of carbonyl (C=O) groups excluding carboxylic acids is 1. The minimum Gasteiger partial charge on any atom is -0.377 e. The normalized spacial score (nSPS) is 21.2. The van der Waals surface area contributed by atoms with Crippen molar-refractivity contribution in [3.8, 4) is 0 Å². The Labute approximate surface area is 128 Å². The SMILES string of the molecule is C=CN(CC1CCCCC1)C(C)=C(C)C(=O)NC1COC1. The van der Waals surface area contributed by atoms with Crippen LogP contribution < -0.4 is 5.32 Å². The van der Waals surface area contributed by atoms with E-state index in [9.17, 15) is 4.79 Å². The summed E-state index contributed by atoms with van der Waals surface area (Å²) in [6.45, 7) is 10.1. The second-order valence-electron chi connectivity index (χ2n) is 6.26. The van der Waals surface area contributed by atoms with Crippen LogP contribution in [0.15, 0.2) is 24.0 Å². The fraction of sp³-hybridized carbons (Fsp3) is 0.706. The first-order valence-corrected chi connectivity index (χ1v) is 8.07. The van der Waals surface area contributed by atoms with Gasteiger partial charge in [-0.3, -0.25) is 4.79 Å². The molecule has 0 spiro atoms. The van der Waals surface area contributed by atoms with Gasteiger partial charge in [0.1, 0.15) is 0 Å². The zero-order valence-corrected chi connectivity index (χ0v) is 13.4. The van der Waals surface area contributed by atoms with E-state index in [0.29, 0.717) is 13.2 Å². The Kier molecular flexibility index (Phi) is 5.85. The molecule has 0 atom stereocenters. The molecule has 0 radical (unpaired) electrons. The molecule has 118 valence electrons. The molecule has 1 N–H and O–H groups in total. The first-order chi connectivity index (χ1) is 10.1. The van der Waals surface area contributed by atoms with Crippen LogP contribution >= 0.6 is 0 Å². The monoisotopic (exact) mass is 292 g/mol. The fourth-order valence-corrected chi connectivity index (χ4v) is 2.99. The van der Waals surface area contributed by atoms with Gasteiger partial charge in [0.2, 0.25) is 5.91 Å². The molecule has 2 fully saturated rings. The topological polar surface area (TPSA) is 41.6 Å². The number of amides is 1. The van der Waals surface area contributed by atoms with Gasteiger partial charge < -0.3 is 15.0 Å². The third-order valence-corrected chi connectivity index (χ3v) is 4.69. The van der Waals surface area contributed by atoms with Crippen LogP contribution in [-0.4, -0.2) is 36.6 Å². The summed E-state index contributed by atoms with van der Waals surface area (Å²) < 4.78 is 5.09. The molecule has 1 aliphatic heterocycles. The molecule has 1 amide bonds. The summed E-state index contributed by atoms with van der Waals surface area (Å²) in [4.78, 5) is 14.4. The summed E-state index contributed by atoms with van der Waals surface area (Å²) in [7, 11) is 0. The van der Waals surface area contributed by atoms with E-state index in [2.05, 4.69) is 16.8 Å². The van der Waals surface area contributed by atoms with E-state index in [1.54, 1.807) is 0 Å². The number of carbonyl (C=O) groups is 1. The minimum atomic E-state index is 0.0105. The quantitative estimate of drug-likeness (QED) is 0.765. The molecule has 0 unspecified atom stereocenters. The average molecular weight is 292 g/mol. The molecule has 0 bridgehead atoms. The van der Waals surface area contributed by atoms with Crippen molar-refractivity contribution < 1.29 is 9.53 Å². The Morgan fingerprint density at radius 2 is 1.95 bits per heavy atom. The second-order valence-corrected chi connectivity index (χ2v) is 6.26. The summed E-state index contributed by atoms with van der Waals surface area (Å²) >= 11 is 0. The van der Waals surface area contributed by atoms with Crippen molar-refractivity contribution in [1.29, 1.82) is 0 Å². The van der Waals surface area contributed by atoms with Gasteiger partial charge >= 0.3 is 0 Å². The van der Waals surface area contributed by atoms with E-state index in [1.165, 1.54) is 32.1 Å². The summed E-state index contributed by atoms with van der Waals surface area (Å²) in [6.07, 6.45) is 8.47. The Hall–Kier alpha value is -1.29. The summed E-state index contributed by atoms with van der Waals surface area (Å²) in [6, 6.07) is 0.177. The lowest BCUT2D eigenvalue weighted by Gasteiger charge is -2.31. The van der Waals surface area contributed by atoms with Crippen LogP contribution in [0, 0.1) is 5.92 Å². The van der Waals surface area contributed by atoms with Crippen molar-refractivity contribution in [3.05, 3.63) is 24.0 Å². The first kappa shape index (κ1) is 16.1. The number of nitrogens with one attached hydrogen (secondary N) is 1. The number of hydrogen-bond donors (Lipinski definition) is 1. The van der Waals surface area contributed by atoms with E-state index in [4.69, 9.17) is 4.74 Å². The Morgan fingerprint density at radius 3 is 2.48 bits per heavy atom. The smallest absolute Gasteiger partial charge is 0.249 e. The van der Waals surface area contributed by atoms with Gasteiger partial charge in [-0.1, -0.05) is 25.8 Å². The molecule has 4 nitrogen and oxygen atoms in total. The van der Waals surface area contributed by atoms with Crippen LogP contribution in [0.25, 0.3) is 0 Å². The molecule has 0 aromatic carbocycles. The van der Waals surface area contributed by atoms with Crippen molar-refractivity contribution in [1.82, 2.24) is 10.2 Å². The standard InChI is InChI=1S/C17H28N2O2/c1-4-19(10-15-8-6-5-7-9-15)14(3)13(2)17(20)18-16-11-21-12-16/h4,15-16H,1,5-12H2,2-3H3,(H,18,20). The molecule has 0 aromatic heterocycles. The average Bonchev–Trinajstić information content (AvgIpc) is 2.47. The highest BCUT2D eigenvalue weighted by Crippen LogP contribution is 2.26. The summed E-state index contributed by atoms with van der Waals surface area (Å²) in [5, 5.41) is 3.00. The fourth-order valence-electron chi connectivity index (χ4n) is 2.99. The maximum Gasteiger partial charge on any atom is 0.249 e. The van der Waals surface area contributed by atoms with Crippen LogP contribution in [0.5, 0.6) is 0 Å². The third-order valence-electron chi connectivity index (χ3n) is 4.69. The number of hydrogen-bond acceptors (Lipinski definition) is 3. The third kappa shape index (κ3) is 4.34. The van der Waals surface area contributed by atoms with Crippen LogP contribution in [0.4, 0.5) is 0 Å². The van der Waals surface area contributed by atoms with Gasteiger partial charge in [0, 0.05) is 17.8 Å². The Morgan fingerprint density at radius 1 is 1.29 bits per heavy atom. The van der Waals surface area contributed by atoms with Crippen molar-refractivity contribution in [2.75, 3.05) is 19.8 Å². The van der Waals surface area contributed by atoms with Crippen LogP contribution in [0.1, 0.15) is 46.0 Å². The zero-order valence-electron chi connectivity index (χ0n) is 13.4. The first-order valence-electron chi connectivity index (χ1n) is 8.07. The van der Waals surface area contributed by atoms with Crippen molar-refractivity contribution in [2.24, 2.45) is 5.92 Å². The molecule has 1 saturated heterocycles. The van der Waals surface area contributed by atoms with Gasteiger partial charge in [0.25, 0.3) is 0 Å². The molecule has 0 aromatic rings. The summed E-state index contributed by atoms with van der Waals surface area (Å²) in [5.41, 5.74) is 1.78. The number of rotatable bonds is 6. The van der Waals surface area contributed by atoms with E-state index < -0.39 is 0 Å². The largest absolute Gasteiger partial charge is 0.377 e. The highest BCUT2D eigenvalue weighted by Gasteiger charge is 2.23. The molecular weight excluding hydrogens is 264 g/mol. The van der Waals surface area contributed by atoms with Crippen molar-refractivity contribution in [3.63, 3.8) is 0 Å². The predicted molar refractivity (Wildman–Crippen MR) is 84.6 cm³/mol. The molecular formula is C17H28N2O2. The van der Waals surface area contributed by atoms with E-state index >= 15 is 0 Å². The molecule has 2 aliphatic rings. The van der Waals surface area contributed by atoms with Gasteiger partial charge in [-0.2, -0.15) is 0 Å². The van der Waals surface area contributed by atoms with Gasteiger partial charge in [0.15, 0.2) is 0 Å². The lowest BCUT2D eigenvalue weighted by atomic mass is 9.89. The maximum atomic E-state index is 12.2. The van der Waals surface area contributed by atoms with Crippen LogP contribution in [-0.2, 0) is 9.53 Å². The molecule has 2 rings (SSSR count). The number of allylic oxidation sites excluding steroid dienone is 1. The highest BCUT2D eigenvalue weighted by molar-refractivity contribution is 5.93. The van der Waals surface area contributed by atoms with Crippen LogP contribution in [0.2, 0.25) is 0 Å². The predicted octanol–water partition coefficient (Wildman–Crippen LogP) is 2.82. The molecule has 1 saturated carbocycles. The Bertz CT molecular complexity index is 407. The van der Waals surface area contributed by atoms with E-state index in [0.717, 1.165) is 23.7 Å². The highest BCUT2D eigenvalue weighted by atomic mass is 16.5. The van der Waals surface area contributed by atoms with Gasteiger partial charge in [-0.15, -0.1) is 0 Å². The van der Waals surface area contributed by atoms with Gasteiger partial charge in [0.05, 0.1) is 19.3 Å². The lowest BCUT2D eigenvalue weighted by molar-refractivity contribution is -0.121. The maximum absolute atomic E-state index is 12.2. The molecule has 21 heavy (non-hydrogen) atoms. The van der Waals surface area contributed by atoms with Gasteiger partial charge in [-0.25, -0.2) is 0 Å². The van der Waals surface area contributed by atoms with E-state index in [-0.39, 0.29) is 11.9 Å². The van der Waals surface area contributed by atoms with Crippen LogP contribution in [0.3, 0.4) is 0 Å². The molecule has 1 aliphatic carbocycles. The lowest BCUT2D eigenvalue weighted by Crippen LogP contribution is -2.49. The molecule has 1 heterocycles. The van der Waals surface area contributed by atoms with Gasteiger partial charge in [-0.05, 0) is 38.8 Å². The Balaban J connectivity index is 1.94. The minimum absolute atomic E-state index is 0.0105. The number of ether oxygens (including phenoxy) is 1. The number of nitrogens with zero attached hydrogens (tertiary/aromatic N) is 1. The van der Waals surface area contributed by atoms with E-state index in [1.807, 2.05) is 20.0 Å².